The van der Waals surface area contributed by atoms with Crippen LogP contribution in [0.1, 0.15) is 94.4 Å². The van der Waals surface area contributed by atoms with Gasteiger partial charge in [-0.05, 0) is 32.1 Å². The van der Waals surface area contributed by atoms with Gasteiger partial charge in [0.25, 0.3) is 0 Å². The van der Waals surface area contributed by atoms with Crippen LogP contribution in [0.3, 0.4) is 0 Å². The molecule has 1 aliphatic heterocycles. The molecule has 2 amide bonds. The Kier molecular flexibility index (Phi) is 6.94. The first-order chi connectivity index (χ1) is 15.3. The van der Waals surface area contributed by atoms with Crippen LogP contribution >= 0.6 is 0 Å². The number of nitrogens with zero attached hydrogens (tertiary/aromatic N) is 3. The largest absolute Gasteiger partial charge is 0.389 e. The molecule has 7 heteroatoms. The van der Waals surface area contributed by atoms with Crippen LogP contribution < -0.4 is 0 Å². The fourth-order valence-electron chi connectivity index (χ4n) is 6.07. The van der Waals surface area contributed by atoms with E-state index in [1.165, 1.54) is 19.3 Å². The van der Waals surface area contributed by atoms with Crippen LogP contribution in [-0.4, -0.2) is 64.7 Å². The minimum absolute atomic E-state index is 0.0276. The summed E-state index contributed by atoms with van der Waals surface area (Å²) in [4.78, 5) is 29.8. The molecule has 0 radical (unpaired) electrons. The number of carbonyl (C=O) groups is 2. The second-order valence-electron chi connectivity index (χ2n) is 10.7. The zero-order valence-electron chi connectivity index (χ0n) is 19.8. The molecule has 1 N–H and O–H groups in total. The fraction of sp³-hybridized carbons (Fsp3) is 0.800. The highest BCUT2D eigenvalue weighted by atomic mass is 16.5. The number of amides is 2. The number of aromatic nitrogens is 1. The van der Waals surface area contributed by atoms with Gasteiger partial charge < -0.3 is 19.4 Å². The van der Waals surface area contributed by atoms with E-state index >= 15 is 0 Å². The van der Waals surface area contributed by atoms with Crippen LogP contribution in [0.4, 0.5) is 0 Å². The van der Waals surface area contributed by atoms with Crippen molar-refractivity contribution in [2.75, 3.05) is 27.2 Å². The maximum atomic E-state index is 13.3. The van der Waals surface area contributed by atoms with Crippen molar-refractivity contribution in [2.45, 2.75) is 95.0 Å². The first-order valence-corrected chi connectivity index (χ1v) is 12.5. The van der Waals surface area contributed by atoms with Gasteiger partial charge in [-0.2, -0.15) is 0 Å². The Hall–Kier alpha value is -1.89. The first-order valence-electron chi connectivity index (χ1n) is 12.5. The van der Waals surface area contributed by atoms with Crippen molar-refractivity contribution < 1.29 is 19.2 Å². The lowest BCUT2D eigenvalue weighted by Gasteiger charge is -2.34. The smallest absolute Gasteiger partial charge is 0.230 e. The fourth-order valence-corrected chi connectivity index (χ4v) is 6.07. The summed E-state index contributed by atoms with van der Waals surface area (Å²) in [6, 6.07) is 2.04. The third-order valence-corrected chi connectivity index (χ3v) is 7.94. The van der Waals surface area contributed by atoms with Crippen LogP contribution in [0, 0.1) is 5.41 Å². The van der Waals surface area contributed by atoms with Gasteiger partial charge in [-0.25, -0.2) is 0 Å². The molecule has 2 saturated carbocycles. The van der Waals surface area contributed by atoms with Crippen molar-refractivity contribution in [3.63, 3.8) is 0 Å². The van der Waals surface area contributed by atoms with Crippen molar-refractivity contribution in [1.29, 1.82) is 0 Å². The van der Waals surface area contributed by atoms with E-state index in [0.717, 1.165) is 43.6 Å². The van der Waals surface area contributed by atoms with E-state index in [1.807, 2.05) is 6.07 Å². The molecule has 2 aliphatic carbocycles. The topological polar surface area (TPSA) is 86.9 Å². The first kappa shape index (κ1) is 23.3. The predicted molar refractivity (Wildman–Crippen MR) is 121 cm³/mol. The second kappa shape index (κ2) is 9.54. The van der Waals surface area contributed by atoms with Crippen LogP contribution in [0.15, 0.2) is 10.6 Å². The Morgan fingerprint density at radius 2 is 1.81 bits per heavy atom. The molecule has 0 aromatic carbocycles. The van der Waals surface area contributed by atoms with Crippen molar-refractivity contribution >= 4 is 11.8 Å². The molecule has 178 valence electrons. The number of hydrogen-bond donors (Lipinski definition) is 1. The van der Waals surface area contributed by atoms with E-state index in [0.29, 0.717) is 44.7 Å². The van der Waals surface area contributed by atoms with E-state index in [-0.39, 0.29) is 18.2 Å². The molecule has 32 heavy (non-hydrogen) atoms. The quantitative estimate of drug-likeness (QED) is 0.722. The molecule has 1 aromatic heterocycles. The predicted octanol–water partition coefficient (Wildman–Crippen LogP) is 3.66. The standard InChI is InChI=1S/C25H39N3O4/c1-27(2)23(30)24(16-20-15-21(26-32-20)19-9-5-3-6-10-19)13-14-28(18-24)22(29)17-25(31)11-7-4-8-12-25/h15,19,31H,3-14,16-18H2,1-2H3. The van der Waals surface area contributed by atoms with E-state index in [9.17, 15) is 14.7 Å². The minimum atomic E-state index is -0.883. The molecular weight excluding hydrogens is 406 g/mol. The zero-order valence-corrected chi connectivity index (χ0v) is 19.8. The summed E-state index contributed by atoms with van der Waals surface area (Å²) in [6.45, 7) is 0.913. The third-order valence-electron chi connectivity index (χ3n) is 7.94. The van der Waals surface area contributed by atoms with Gasteiger partial charge in [0.1, 0.15) is 5.76 Å². The van der Waals surface area contributed by atoms with E-state index < -0.39 is 11.0 Å². The molecule has 7 nitrogen and oxygen atoms in total. The van der Waals surface area contributed by atoms with E-state index in [1.54, 1.807) is 23.9 Å². The monoisotopic (exact) mass is 445 g/mol. The van der Waals surface area contributed by atoms with Gasteiger partial charge in [-0.3, -0.25) is 9.59 Å². The number of carbonyl (C=O) groups excluding carboxylic acids is 2. The lowest BCUT2D eigenvalue weighted by Crippen LogP contribution is -2.45. The lowest BCUT2D eigenvalue weighted by molar-refractivity contribution is -0.141. The van der Waals surface area contributed by atoms with Crippen molar-refractivity contribution in [3.05, 3.63) is 17.5 Å². The Morgan fingerprint density at radius 1 is 1.12 bits per heavy atom. The zero-order chi connectivity index (χ0) is 22.8. The molecule has 0 bridgehead atoms. The Balaban J connectivity index is 1.46. The van der Waals surface area contributed by atoms with Gasteiger partial charge in [0.2, 0.25) is 11.8 Å². The Labute approximate surface area is 191 Å². The van der Waals surface area contributed by atoms with Crippen LogP contribution in [0.2, 0.25) is 0 Å². The van der Waals surface area contributed by atoms with Crippen molar-refractivity contribution in [1.82, 2.24) is 15.0 Å². The molecule has 2 heterocycles. The van der Waals surface area contributed by atoms with E-state index in [4.69, 9.17) is 4.52 Å². The highest BCUT2D eigenvalue weighted by Crippen LogP contribution is 2.39. The summed E-state index contributed by atoms with van der Waals surface area (Å²) >= 11 is 0. The van der Waals surface area contributed by atoms with Crippen molar-refractivity contribution in [3.8, 4) is 0 Å². The lowest BCUT2D eigenvalue weighted by atomic mass is 9.80. The van der Waals surface area contributed by atoms with Crippen molar-refractivity contribution in [2.24, 2.45) is 5.41 Å². The van der Waals surface area contributed by atoms with Gasteiger partial charge in [0.05, 0.1) is 23.1 Å². The molecular formula is C25H39N3O4. The average molecular weight is 446 g/mol. The SMILES string of the molecule is CN(C)C(=O)C1(Cc2cc(C3CCCCC3)no2)CCN(C(=O)CC2(O)CCCCC2)C1. The van der Waals surface area contributed by atoms with Crippen LogP contribution in [-0.2, 0) is 16.0 Å². The van der Waals surface area contributed by atoms with Gasteiger partial charge in [-0.1, -0.05) is 43.7 Å². The maximum absolute atomic E-state index is 13.3. The van der Waals surface area contributed by atoms with Gasteiger partial charge in [0.15, 0.2) is 0 Å². The average Bonchev–Trinajstić information content (AvgIpc) is 3.42. The molecule has 0 spiro atoms. The number of aliphatic hydroxyl groups is 1. The molecule has 1 unspecified atom stereocenters. The van der Waals surface area contributed by atoms with Gasteiger partial charge >= 0.3 is 0 Å². The third kappa shape index (κ3) is 5.03. The Bertz CT molecular complexity index is 808. The summed E-state index contributed by atoms with van der Waals surface area (Å²) in [7, 11) is 3.54. The molecule has 1 saturated heterocycles. The molecule has 3 fully saturated rings. The summed E-state index contributed by atoms with van der Waals surface area (Å²) in [5, 5.41) is 15.2. The van der Waals surface area contributed by atoms with Crippen LogP contribution in [0.5, 0.6) is 0 Å². The second-order valence-corrected chi connectivity index (χ2v) is 10.7. The normalized spacial score (nSPS) is 26.3. The summed E-state index contributed by atoms with van der Waals surface area (Å²) in [5.41, 5.74) is -0.568. The highest BCUT2D eigenvalue weighted by Gasteiger charge is 2.48. The van der Waals surface area contributed by atoms with Gasteiger partial charge in [0, 0.05) is 45.6 Å². The molecule has 1 aromatic rings. The van der Waals surface area contributed by atoms with Gasteiger partial charge in [-0.15, -0.1) is 0 Å². The molecule has 1 atom stereocenters. The summed E-state index contributed by atoms with van der Waals surface area (Å²) in [5.74, 6) is 1.18. The number of rotatable bonds is 6. The molecule has 4 rings (SSSR count). The highest BCUT2D eigenvalue weighted by molar-refractivity contribution is 5.85. The maximum Gasteiger partial charge on any atom is 0.230 e. The van der Waals surface area contributed by atoms with E-state index in [2.05, 4.69) is 5.16 Å². The number of hydrogen-bond acceptors (Lipinski definition) is 5. The number of likely N-dealkylation sites (tertiary alicyclic amines) is 1. The molecule has 3 aliphatic rings. The minimum Gasteiger partial charge on any atom is -0.389 e. The summed E-state index contributed by atoms with van der Waals surface area (Å²) in [6.07, 6.45) is 11.7. The van der Waals surface area contributed by atoms with Crippen LogP contribution in [0.25, 0.3) is 0 Å². The Morgan fingerprint density at radius 3 is 2.50 bits per heavy atom. The summed E-state index contributed by atoms with van der Waals surface area (Å²) < 4.78 is 5.70.